The van der Waals surface area contributed by atoms with Crippen LogP contribution in [0, 0.1) is 0 Å². The molecule has 3 nitrogen and oxygen atoms in total. The molecule has 1 heterocycles. The predicted octanol–water partition coefficient (Wildman–Crippen LogP) is 0.805. The van der Waals surface area contributed by atoms with E-state index in [-0.39, 0.29) is 6.04 Å². The highest BCUT2D eigenvalue weighted by atomic mass is 19.4. The fraction of sp³-hybridized carbons (Fsp3) is 0.875. The van der Waals surface area contributed by atoms with Gasteiger partial charge in [-0.05, 0) is 12.8 Å². The zero-order chi connectivity index (χ0) is 10.8. The van der Waals surface area contributed by atoms with Crippen molar-refractivity contribution in [3.63, 3.8) is 0 Å². The Morgan fingerprint density at radius 3 is 2.64 bits per heavy atom. The lowest BCUT2D eigenvalue weighted by atomic mass is 10.1. The summed E-state index contributed by atoms with van der Waals surface area (Å²) in [5, 5.41) is 4.99. The van der Waals surface area contributed by atoms with Gasteiger partial charge in [-0.3, -0.25) is 4.79 Å². The Labute approximate surface area is 80.0 Å². The highest BCUT2D eigenvalue weighted by Gasteiger charge is 2.40. The van der Waals surface area contributed by atoms with Crippen LogP contribution in [-0.4, -0.2) is 30.7 Å². The largest absolute Gasteiger partial charge is 0.471 e. The minimum absolute atomic E-state index is 0.216. The second-order valence-corrected chi connectivity index (χ2v) is 3.42. The Morgan fingerprint density at radius 1 is 1.57 bits per heavy atom. The van der Waals surface area contributed by atoms with Crippen molar-refractivity contribution in [3.05, 3.63) is 0 Å². The second-order valence-electron chi connectivity index (χ2n) is 3.42. The quantitative estimate of drug-likeness (QED) is 0.708. The van der Waals surface area contributed by atoms with Crippen molar-refractivity contribution in [3.8, 4) is 0 Å². The molecule has 1 amide bonds. The SMILES string of the molecule is CCC1CC(NC(=O)C(F)(F)F)CN1. The third-order valence-corrected chi connectivity index (χ3v) is 2.31. The molecule has 0 aromatic heterocycles. The molecule has 0 saturated carbocycles. The Kier molecular flexibility index (Phi) is 3.36. The first-order valence-electron chi connectivity index (χ1n) is 4.54. The van der Waals surface area contributed by atoms with E-state index in [0.717, 1.165) is 6.42 Å². The summed E-state index contributed by atoms with van der Waals surface area (Å²) in [6.07, 6.45) is -3.35. The highest BCUT2D eigenvalue weighted by Crippen LogP contribution is 2.16. The second kappa shape index (κ2) is 4.16. The van der Waals surface area contributed by atoms with Gasteiger partial charge in [-0.2, -0.15) is 13.2 Å². The molecule has 1 aliphatic heterocycles. The molecule has 0 aliphatic carbocycles. The van der Waals surface area contributed by atoms with Gasteiger partial charge in [-0.1, -0.05) is 6.92 Å². The van der Waals surface area contributed by atoms with Crippen molar-refractivity contribution in [1.29, 1.82) is 0 Å². The molecule has 14 heavy (non-hydrogen) atoms. The number of carbonyl (C=O) groups is 1. The third-order valence-electron chi connectivity index (χ3n) is 2.31. The number of carbonyl (C=O) groups excluding carboxylic acids is 1. The Morgan fingerprint density at radius 2 is 2.21 bits per heavy atom. The molecule has 0 spiro atoms. The lowest BCUT2D eigenvalue weighted by Crippen LogP contribution is -2.43. The van der Waals surface area contributed by atoms with Crippen LogP contribution < -0.4 is 10.6 Å². The molecule has 1 saturated heterocycles. The van der Waals surface area contributed by atoms with Gasteiger partial charge in [-0.15, -0.1) is 0 Å². The van der Waals surface area contributed by atoms with E-state index in [2.05, 4.69) is 5.32 Å². The molecule has 6 heteroatoms. The number of halogens is 3. The molecular formula is C8H13F3N2O. The van der Waals surface area contributed by atoms with Gasteiger partial charge in [0.15, 0.2) is 0 Å². The summed E-state index contributed by atoms with van der Waals surface area (Å²) in [6, 6.07) is -0.178. The number of rotatable bonds is 2. The molecule has 2 N–H and O–H groups in total. The van der Waals surface area contributed by atoms with Crippen LogP contribution in [0.25, 0.3) is 0 Å². The van der Waals surface area contributed by atoms with E-state index < -0.39 is 18.1 Å². The van der Waals surface area contributed by atoms with E-state index >= 15 is 0 Å². The standard InChI is InChI=1S/C8H13F3N2O/c1-2-5-3-6(4-12-5)13-7(14)8(9,10)11/h5-6,12H,2-4H2,1H3,(H,13,14). The molecular weight excluding hydrogens is 197 g/mol. The van der Waals surface area contributed by atoms with Crippen LogP contribution in [0.3, 0.4) is 0 Å². The van der Waals surface area contributed by atoms with Gasteiger partial charge in [0.1, 0.15) is 0 Å². The van der Waals surface area contributed by atoms with Crippen molar-refractivity contribution in [2.75, 3.05) is 6.54 Å². The lowest BCUT2D eigenvalue weighted by molar-refractivity contribution is -0.174. The van der Waals surface area contributed by atoms with Crippen LogP contribution in [0.4, 0.5) is 13.2 Å². The van der Waals surface area contributed by atoms with Crippen LogP contribution in [-0.2, 0) is 4.79 Å². The van der Waals surface area contributed by atoms with Crippen LogP contribution in [0.15, 0.2) is 0 Å². The van der Waals surface area contributed by atoms with Gasteiger partial charge in [0, 0.05) is 18.6 Å². The zero-order valence-electron chi connectivity index (χ0n) is 7.82. The number of hydrogen-bond donors (Lipinski definition) is 2. The summed E-state index contributed by atoms with van der Waals surface area (Å²) in [4.78, 5) is 10.6. The summed E-state index contributed by atoms with van der Waals surface area (Å²) >= 11 is 0. The summed E-state index contributed by atoms with van der Waals surface area (Å²) in [5.74, 6) is -1.85. The van der Waals surface area contributed by atoms with Crippen molar-refractivity contribution in [1.82, 2.24) is 10.6 Å². The maximum Gasteiger partial charge on any atom is 0.471 e. The lowest BCUT2D eigenvalue weighted by Gasteiger charge is -2.13. The molecule has 1 rings (SSSR count). The topological polar surface area (TPSA) is 41.1 Å². The van der Waals surface area contributed by atoms with Crippen molar-refractivity contribution in [2.24, 2.45) is 0 Å². The number of alkyl halides is 3. The minimum Gasteiger partial charge on any atom is -0.344 e. The van der Waals surface area contributed by atoms with Crippen LogP contribution in [0.2, 0.25) is 0 Å². The van der Waals surface area contributed by atoms with Gasteiger partial charge in [0.2, 0.25) is 0 Å². The van der Waals surface area contributed by atoms with Crippen molar-refractivity contribution in [2.45, 2.75) is 38.0 Å². The van der Waals surface area contributed by atoms with Crippen LogP contribution >= 0.6 is 0 Å². The normalized spacial score (nSPS) is 27.7. The minimum atomic E-state index is -4.77. The molecule has 2 unspecified atom stereocenters. The molecule has 0 aromatic carbocycles. The molecule has 0 bridgehead atoms. The maximum absolute atomic E-state index is 11.8. The summed E-state index contributed by atoms with van der Waals surface area (Å²) in [7, 11) is 0. The van der Waals surface area contributed by atoms with Gasteiger partial charge in [0.25, 0.3) is 0 Å². The fourth-order valence-corrected chi connectivity index (χ4v) is 1.51. The monoisotopic (exact) mass is 210 g/mol. The van der Waals surface area contributed by atoms with E-state index in [1.807, 2.05) is 12.2 Å². The Bertz CT molecular complexity index is 217. The molecule has 0 radical (unpaired) electrons. The number of amides is 1. The summed E-state index contributed by atoms with van der Waals surface area (Å²) < 4.78 is 35.5. The summed E-state index contributed by atoms with van der Waals surface area (Å²) in [6.45, 7) is 2.37. The average molecular weight is 210 g/mol. The van der Waals surface area contributed by atoms with Crippen LogP contribution in [0.5, 0.6) is 0 Å². The van der Waals surface area contributed by atoms with Gasteiger partial charge < -0.3 is 10.6 Å². The first-order chi connectivity index (χ1) is 6.43. The first-order valence-corrected chi connectivity index (χ1v) is 4.54. The Balaban J connectivity index is 2.36. The van der Waals surface area contributed by atoms with E-state index in [0.29, 0.717) is 13.0 Å². The van der Waals surface area contributed by atoms with E-state index in [1.54, 1.807) is 0 Å². The van der Waals surface area contributed by atoms with E-state index in [9.17, 15) is 18.0 Å². The number of hydrogen-bond acceptors (Lipinski definition) is 2. The van der Waals surface area contributed by atoms with Crippen LogP contribution in [0.1, 0.15) is 19.8 Å². The summed E-state index contributed by atoms with van der Waals surface area (Å²) in [5.41, 5.74) is 0. The van der Waals surface area contributed by atoms with Crippen molar-refractivity contribution < 1.29 is 18.0 Å². The average Bonchev–Trinajstić information content (AvgIpc) is 2.50. The van der Waals surface area contributed by atoms with Gasteiger partial charge in [-0.25, -0.2) is 0 Å². The molecule has 82 valence electrons. The highest BCUT2D eigenvalue weighted by molar-refractivity contribution is 5.82. The van der Waals surface area contributed by atoms with Gasteiger partial charge >= 0.3 is 12.1 Å². The smallest absolute Gasteiger partial charge is 0.344 e. The molecule has 1 fully saturated rings. The number of nitrogens with one attached hydrogen (secondary N) is 2. The van der Waals surface area contributed by atoms with E-state index in [4.69, 9.17) is 0 Å². The van der Waals surface area contributed by atoms with E-state index in [1.165, 1.54) is 0 Å². The molecule has 0 aromatic rings. The third kappa shape index (κ3) is 2.87. The van der Waals surface area contributed by atoms with Gasteiger partial charge in [0.05, 0.1) is 0 Å². The van der Waals surface area contributed by atoms with Crippen molar-refractivity contribution >= 4 is 5.91 Å². The molecule has 1 aliphatic rings. The Hall–Kier alpha value is -0.780. The first kappa shape index (κ1) is 11.3. The fourth-order valence-electron chi connectivity index (χ4n) is 1.51. The maximum atomic E-state index is 11.8. The zero-order valence-corrected chi connectivity index (χ0v) is 7.82. The molecule has 2 atom stereocenters. The predicted molar refractivity (Wildman–Crippen MR) is 44.7 cm³/mol.